The zero-order valence-electron chi connectivity index (χ0n) is 14.7. The SMILES string of the molecule is C=CCNC(=O)/C(C#N)=C/c1cc(C)n(-c2ccc3c(c2)OCO3)c1C. The predicted octanol–water partition coefficient (Wildman–Crippen LogP) is 3.03. The average Bonchev–Trinajstić information content (AvgIpc) is 3.21. The van der Waals surface area contributed by atoms with Crippen LogP contribution in [0.5, 0.6) is 11.5 Å². The van der Waals surface area contributed by atoms with E-state index in [4.69, 9.17) is 9.47 Å². The second kappa shape index (κ2) is 7.19. The van der Waals surface area contributed by atoms with Crippen LogP contribution in [0.15, 0.2) is 42.5 Å². The van der Waals surface area contributed by atoms with Crippen LogP contribution in [0.25, 0.3) is 11.8 Å². The Balaban J connectivity index is 1.98. The minimum atomic E-state index is -0.416. The molecule has 0 atom stereocenters. The Labute approximate surface area is 152 Å². The molecule has 2 aromatic rings. The summed E-state index contributed by atoms with van der Waals surface area (Å²) in [5.74, 6) is 1.01. The largest absolute Gasteiger partial charge is 0.454 e. The molecule has 6 heteroatoms. The van der Waals surface area contributed by atoms with Crippen molar-refractivity contribution < 1.29 is 14.3 Å². The lowest BCUT2D eigenvalue weighted by Gasteiger charge is -2.10. The van der Waals surface area contributed by atoms with Crippen molar-refractivity contribution in [1.82, 2.24) is 9.88 Å². The van der Waals surface area contributed by atoms with Crippen molar-refractivity contribution in [3.8, 4) is 23.3 Å². The molecular weight excluding hydrogens is 330 g/mol. The van der Waals surface area contributed by atoms with Crippen LogP contribution in [0.4, 0.5) is 0 Å². The van der Waals surface area contributed by atoms with Crippen molar-refractivity contribution in [3.63, 3.8) is 0 Å². The number of carbonyl (C=O) groups excluding carboxylic acids is 1. The molecule has 0 saturated heterocycles. The second-order valence-corrected chi connectivity index (χ2v) is 5.87. The van der Waals surface area contributed by atoms with Gasteiger partial charge in [-0.3, -0.25) is 4.79 Å². The minimum absolute atomic E-state index is 0.0535. The highest BCUT2D eigenvalue weighted by Crippen LogP contribution is 2.35. The molecule has 26 heavy (non-hydrogen) atoms. The van der Waals surface area contributed by atoms with Crippen molar-refractivity contribution >= 4 is 12.0 Å². The van der Waals surface area contributed by atoms with Crippen LogP contribution in [0.2, 0.25) is 0 Å². The summed E-state index contributed by atoms with van der Waals surface area (Å²) in [6.07, 6.45) is 3.17. The number of hydrogen-bond donors (Lipinski definition) is 1. The maximum absolute atomic E-state index is 12.1. The maximum atomic E-state index is 12.1. The van der Waals surface area contributed by atoms with E-state index in [0.717, 1.165) is 28.4 Å². The Morgan fingerprint density at radius 3 is 2.85 bits per heavy atom. The van der Waals surface area contributed by atoms with Gasteiger partial charge in [0.25, 0.3) is 5.91 Å². The highest BCUT2D eigenvalue weighted by molar-refractivity contribution is 6.01. The number of fused-ring (bicyclic) bond motifs is 1. The van der Waals surface area contributed by atoms with Crippen LogP contribution in [-0.2, 0) is 4.79 Å². The van der Waals surface area contributed by atoms with Gasteiger partial charge < -0.3 is 19.4 Å². The van der Waals surface area contributed by atoms with Crippen LogP contribution < -0.4 is 14.8 Å². The highest BCUT2D eigenvalue weighted by Gasteiger charge is 2.17. The van der Waals surface area contributed by atoms with E-state index in [-0.39, 0.29) is 12.4 Å². The second-order valence-electron chi connectivity index (χ2n) is 5.87. The number of rotatable bonds is 5. The molecule has 1 aromatic carbocycles. The van der Waals surface area contributed by atoms with Crippen molar-refractivity contribution in [1.29, 1.82) is 5.26 Å². The number of ether oxygens (including phenoxy) is 2. The van der Waals surface area contributed by atoms with Gasteiger partial charge in [-0.2, -0.15) is 5.26 Å². The molecule has 2 heterocycles. The van der Waals surface area contributed by atoms with E-state index < -0.39 is 5.91 Å². The number of carbonyl (C=O) groups is 1. The molecule has 1 aliphatic heterocycles. The molecule has 0 radical (unpaired) electrons. The van der Waals surface area contributed by atoms with E-state index in [1.165, 1.54) is 0 Å². The summed E-state index contributed by atoms with van der Waals surface area (Å²) in [6, 6.07) is 9.63. The van der Waals surface area contributed by atoms with Crippen LogP contribution in [0, 0.1) is 25.2 Å². The Kier molecular flexibility index (Phi) is 4.81. The molecule has 1 aliphatic rings. The zero-order chi connectivity index (χ0) is 18.7. The Morgan fingerprint density at radius 2 is 2.12 bits per heavy atom. The monoisotopic (exact) mass is 349 g/mol. The van der Waals surface area contributed by atoms with Gasteiger partial charge >= 0.3 is 0 Å². The Hall–Kier alpha value is -3.46. The summed E-state index contributed by atoms with van der Waals surface area (Å²) >= 11 is 0. The number of nitrogens with zero attached hydrogens (tertiary/aromatic N) is 2. The van der Waals surface area contributed by atoms with Crippen LogP contribution in [-0.4, -0.2) is 23.8 Å². The normalized spacial score (nSPS) is 12.6. The molecule has 3 rings (SSSR count). The molecule has 0 unspecified atom stereocenters. The smallest absolute Gasteiger partial charge is 0.262 e. The summed E-state index contributed by atoms with van der Waals surface area (Å²) in [5, 5.41) is 11.9. The third-order valence-corrected chi connectivity index (χ3v) is 4.16. The van der Waals surface area contributed by atoms with E-state index in [9.17, 15) is 10.1 Å². The highest BCUT2D eigenvalue weighted by atomic mass is 16.7. The van der Waals surface area contributed by atoms with E-state index in [0.29, 0.717) is 12.3 Å². The van der Waals surface area contributed by atoms with Gasteiger partial charge in [0.15, 0.2) is 11.5 Å². The van der Waals surface area contributed by atoms with Gasteiger partial charge in [-0.25, -0.2) is 0 Å². The number of benzene rings is 1. The van der Waals surface area contributed by atoms with Crippen molar-refractivity contribution in [2.75, 3.05) is 13.3 Å². The summed E-state index contributed by atoms with van der Waals surface area (Å²) in [4.78, 5) is 12.1. The third-order valence-electron chi connectivity index (χ3n) is 4.16. The standard InChI is InChI=1S/C20H19N3O3/c1-4-7-22-20(24)16(11-21)9-15-8-13(2)23(14(15)3)17-5-6-18-19(10-17)26-12-25-18/h4-6,8-10H,1,7,12H2,2-3H3,(H,22,24)/b16-9+. The van der Waals surface area contributed by atoms with Gasteiger partial charge in [0.1, 0.15) is 11.6 Å². The van der Waals surface area contributed by atoms with Crippen molar-refractivity contribution in [2.24, 2.45) is 0 Å². The lowest BCUT2D eigenvalue weighted by molar-refractivity contribution is -0.116. The molecule has 0 fully saturated rings. The van der Waals surface area contributed by atoms with Gasteiger partial charge in [0, 0.05) is 29.7 Å². The molecule has 0 spiro atoms. The van der Waals surface area contributed by atoms with Gasteiger partial charge in [0.05, 0.1) is 0 Å². The molecule has 1 amide bonds. The fourth-order valence-electron chi connectivity index (χ4n) is 2.92. The van der Waals surface area contributed by atoms with E-state index in [1.807, 2.05) is 48.7 Å². The van der Waals surface area contributed by atoms with Gasteiger partial charge in [-0.1, -0.05) is 6.08 Å². The molecule has 1 N–H and O–H groups in total. The number of nitriles is 1. The fraction of sp³-hybridized carbons (Fsp3) is 0.200. The van der Waals surface area contributed by atoms with E-state index >= 15 is 0 Å². The number of nitrogens with one attached hydrogen (secondary N) is 1. The number of aromatic nitrogens is 1. The molecule has 0 aliphatic carbocycles. The molecule has 6 nitrogen and oxygen atoms in total. The van der Waals surface area contributed by atoms with Crippen LogP contribution in [0.3, 0.4) is 0 Å². The van der Waals surface area contributed by atoms with E-state index in [1.54, 1.807) is 12.2 Å². The first-order valence-corrected chi connectivity index (χ1v) is 8.15. The molecule has 1 aromatic heterocycles. The van der Waals surface area contributed by atoms with Crippen molar-refractivity contribution in [2.45, 2.75) is 13.8 Å². The first-order chi connectivity index (χ1) is 12.5. The molecular formula is C20H19N3O3. The predicted molar refractivity (Wildman–Crippen MR) is 98.2 cm³/mol. The molecule has 132 valence electrons. The fourth-order valence-corrected chi connectivity index (χ4v) is 2.92. The number of amides is 1. The first-order valence-electron chi connectivity index (χ1n) is 8.15. The van der Waals surface area contributed by atoms with Gasteiger partial charge in [0.2, 0.25) is 6.79 Å². The van der Waals surface area contributed by atoms with Crippen LogP contribution in [0.1, 0.15) is 17.0 Å². The average molecular weight is 349 g/mol. The lowest BCUT2D eigenvalue weighted by atomic mass is 10.1. The third kappa shape index (κ3) is 3.20. The lowest BCUT2D eigenvalue weighted by Crippen LogP contribution is -2.24. The van der Waals surface area contributed by atoms with Crippen LogP contribution >= 0.6 is 0 Å². The molecule has 0 bridgehead atoms. The zero-order valence-corrected chi connectivity index (χ0v) is 14.7. The number of aryl methyl sites for hydroxylation is 1. The maximum Gasteiger partial charge on any atom is 0.262 e. The van der Waals surface area contributed by atoms with E-state index in [2.05, 4.69) is 11.9 Å². The first kappa shape index (κ1) is 17.4. The summed E-state index contributed by atoms with van der Waals surface area (Å²) < 4.78 is 12.8. The summed E-state index contributed by atoms with van der Waals surface area (Å²) in [6.45, 7) is 8.00. The topological polar surface area (TPSA) is 76.3 Å². The quantitative estimate of drug-likeness (QED) is 0.511. The van der Waals surface area contributed by atoms with Gasteiger partial charge in [-0.15, -0.1) is 6.58 Å². The Morgan fingerprint density at radius 1 is 1.35 bits per heavy atom. The Bertz CT molecular complexity index is 948. The summed E-state index contributed by atoms with van der Waals surface area (Å²) in [7, 11) is 0. The van der Waals surface area contributed by atoms with Gasteiger partial charge in [-0.05, 0) is 43.7 Å². The molecule has 0 saturated carbocycles. The minimum Gasteiger partial charge on any atom is -0.454 e. The number of hydrogen-bond acceptors (Lipinski definition) is 4. The summed E-state index contributed by atoms with van der Waals surface area (Å²) in [5.41, 5.74) is 3.70. The van der Waals surface area contributed by atoms with Crippen molar-refractivity contribution in [3.05, 3.63) is 59.4 Å².